The highest BCUT2D eigenvalue weighted by molar-refractivity contribution is 7.98. The van der Waals surface area contributed by atoms with Crippen LogP contribution in [0.25, 0.3) is 0 Å². The van der Waals surface area contributed by atoms with Gasteiger partial charge in [0.25, 0.3) is 0 Å². The van der Waals surface area contributed by atoms with Crippen molar-refractivity contribution < 1.29 is 14.3 Å². The second kappa shape index (κ2) is 5.32. The average Bonchev–Trinajstić information content (AvgIpc) is 2.21. The van der Waals surface area contributed by atoms with Crippen LogP contribution in [0.5, 0.6) is 0 Å². The van der Waals surface area contributed by atoms with Gasteiger partial charge in [0, 0.05) is 17.0 Å². The SMILES string of the molecule is CSc1cc(C(CN)C(=O)O)c(F)cc1C. The molecule has 0 heterocycles. The molecule has 1 aromatic carbocycles. The molecule has 0 saturated carbocycles. The minimum Gasteiger partial charge on any atom is -0.481 e. The number of carboxylic acids is 1. The van der Waals surface area contributed by atoms with Gasteiger partial charge in [-0.05, 0) is 30.9 Å². The van der Waals surface area contributed by atoms with E-state index in [9.17, 15) is 9.18 Å². The molecule has 0 aliphatic carbocycles. The van der Waals surface area contributed by atoms with Crippen LogP contribution in [-0.4, -0.2) is 23.9 Å². The largest absolute Gasteiger partial charge is 0.481 e. The zero-order valence-corrected chi connectivity index (χ0v) is 9.97. The number of aliphatic carboxylic acids is 1. The maximum Gasteiger partial charge on any atom is 0.312 e. The minimum atomic E-state index is -1.10. The van der Waals surface area contributed by atoms with E-state index in [0.29, 0.717) is 0 Å². The fraction of sp³-hybridized carbons (Fsp3) is 0.364. The predicted octanol–water partition coefficient (Wildman–Crippen LogP) is 1.98. The quantitative estimate of drug-likeness (QED) is 0.794. The number of carbonyl (C=O) groups is 1. The number of nitrogens with two attached hydrogens (primary N) is 1. The lowest BCUT2D eigenvalue weighted by molar-refractivity contribution is -0.138. The van der Waals surface area contributed by atoms with Crippen LogP contribution in [0.15, 0.2) is 17.0 Å². The van der Waals surface area contributed by atoms with Crippen LogP contribution in [-0.2, 0) is 4.79 Å². The van der Waals surface area contributed by atoms with Gasteiger partial charge in [-0.1, -0.05) is 0 Å². The third-order valence-electron chi connectivity index (χ3n) is 2.42. The van der Waals surface area contributed by atoms with Crippen molar-refractivity contribution in [3.63, 3.8) is 0 Å². The molecule has 0 aliphatic rings. The lowest BCUT2D eigenvalue weighted by Gasteiger charge is -2.13. The molecule has 16 heavy (non-hydrogen) atoms. The number of hydrogen-bond donors (Lipinski definition) is 2. The van der Waals surface area contributed by atoms with Gasteiger partial charge in [0.2, 0.25) is 0 Å². The summed E-state index contributed by atoms with van der Waals surface area (Å²) in [5.41, 5.74) is 6.31. The van der Waals surface area contributed by atoms with Crippen molar-refractivity contribution >= 4 is 17.7 Å². The van der Waals surface area contributed by atoms with Gasteiger partial charge in [0.05, 0.1) is 5.92 Å². The number of hydrogen-bond acceptors (Lipinski definition) is 3. The Morgan fingerprint density at radius 3 is 2.69 bits per heavy atom. The summed E-state index contributed by atoms with van der Waals surface area (Å²) in [7, 11) is 0. The van der Waals surface area contributed by atoms with Gasteiger partial charge < -0.3 is 10.8 Å². The molecule has 5 heteroatoms. The highest BCUT2D eigenvalue weighted by atomic mass is 32.2. The van der Waals surface area contributed by atoms with Crippen molar-refractivity contribution in [2.45, 2.75) is 17.7 Å². The number of rotatable bonds is 4. The minimum absolute atomic E-state index is 0.108. The van der Waals surface area contributed by atoms with E-state index in [1.807, 2.05) is 6.26 Å². The van der Waals surface area contributed by atoms with Gasteiger partial charge >= 0.3 is 5.97 Å². The topological polar surface area (TPSA) is 63.3 Å². The highest BCUT2D eigenvalue weighted by Gasteiger charge is 2.22. The molecule has 0 fully saturated rings. The molecule has 88 valence electrons. The monoisotopic (exact) mass is 243 g/mol. The zero-order valence-electron chi connectivity index (χ0n) is 9.16. The summed E-state index contributed by atoms with van der Waals surface area (Å²) in [5.74, 6) is -2.59. The van der Waals surface area contributed by atoms with Crippen LogP contribution in [0.1, 0.15) is 17.0 Å². The number of aryl methyl sites for hydroxylation is 1. The number of carboxylic acid groups (broad SMARTS) is 1. The lowest BCUT2D eigenvalue weighted by Crippen LogP contribution is -2.22. The second-order valence-corrected chi connectivity index (χ2v) is 4.32. The average molecular weight is 243 g/mol. The Balaban J connectivity index is 3.26. The van der Waals surface area contributed by atoms with Gasteiger partial charge in [-0.3, -0.25) is 4.79 Å². The third kappa shape index (κ3) is 2.54. The van der Waals surface area contributed by atoms with Crippen LogP contribution < -0.4 is 5.73 Å². The number of halogens is 1. The highest BCUT2D eigenvalue weighted by Crippen LogP contribution is 2.27. The van der Waals surface area contributed by atoms with Crippen LogP contribution in [0.2, 0.25) is 0 Å². The van der Waals surface area contributed by atoms with Gasteiger partial charge in [0.1, 0.15) is 5.82 Å². The van der Waals surface area contributed by atoms with Crippen LogP contribution in [0.3, 0.4) is 0 Å². The van der Waals surface area contributed by atoms with E-state index in [1.54, 1.807) is 13.0 Å². The standard InChI is InChI=1S/C11H14FNO2S/c1-6-3-9(12)7(4-10(6)16-2)8(5-13)11(14)15/h3-4,8H,5,13H2,1-2H3,(H,14,15). The van der Waals surface area contributed by atoms with Crippen molar-refractivity contribution in [3.8, 4) is 0 Å². The van der Waals surface area contributed by atoms with Gasteiger partial charge in [0.15, 0.2) is 0 Å². The fourth-order valence-corrected chi connectivity index (χ4v) is 2.14. The summed E-state index contributed by atoms with van der Waals surface area (Å²) in [5, 5.41) is 8.93. The number of benzene rings is 1. The summed E-state index contributed by atoms with van der Waals surface area (Å²) in [6.07, 6.45) is 1.86. The summed E-state index contributed by atoms with van der Waals surface area (Å²) >= 11 is 1.46. The molecule has 0 aliphatic heterocycles. The van der Waals surface area contributed by atoms with Crippen molar-refractivity contribution in [2.75, 3.05) is 12.8 Å². The first-order valence-corrected chi connectivity index (χ1v) is 6.00. The Bertz CT molecular complexity index is 409. The molecule has 0 amide bonds. The van der Waals surface area contributed by atoms with Crippen LogP contribution >= 0.6 is 11.8 Å². The van der Waals surface area contributed by atoms with E-state index in [4.69, 9.17) is 10.8 Å². The van der Waals surface area contributed by atoms with E-state index in [1.165, 1.54) is 17.8 Å². The molecule has 3 N–H and O–H groups in total. The molecule has 0 spiro atoms. The summed E-state index contributed by atoms with van der Waals surface area (Å²) in [6.45, 7) is 1.68. The Morgan fingerprint density at radius 1 is 1.62 bits per heavy atom. The summed E-state index contributed by atoms with van der Waals surface area (Å²) in [4.78, 5) is 11.8. The van der Waals surface area contributed by atoms with Crippen molar-refractivity contribution in [1.29, 1.82) is 0 Å². The molecule has 0 bridgehead atoms. The lowest BCUT2D eigenvalue weighted by atomic mass is 9.97. The predicted molar refractivity (Wildman–Crippen MR) is 62.3 cm³/mol. The van der Waals surface area contributed by atoms with E-state index in [-0.39, 0.29) is 12.1 Å². The molecule has 0 aromatic heterocycles. The molecule has 1 unspecified atom stereocenters. The Hall–Kier alpha value is -1.07. The van der Waals surface area contributed by atoms with E-state index in [0.717, 1.165) is 10.5 Å². The Morgan fingerprint density at radius 2 is 2.25 bits per heavy atom. The summed E-state index contributed by atoms with van der Waals surface area (Å²) in [6, 6.07) is 2.92. The molecule has 1 aromatic rings. The first-order chi connectivity index (χ1) is 7.51. The number of thioether (sulfide) groups is 1. The maximum absolute atomic E-state index is 13.6. The molecule has 3 nitrogen and oxygen atoms in total. The fourth-order valence-electron chi connectivity index (χ4n) is 1.52. The Labute approximate surface area is 97.8 Å². The van der Waals surface area contributed by atoms with Gasteiger partial charge in [-0.25, -0.2) is 4.39 Å². The van der Waals surface area contributed by atoms with Gasteiger partial charge in [-0.2, -0.15) is 0 Å². The summed E-state index contributed by atoms with van der Waals surface area (Å²) < 4.78 is 13.6. The smallest absolute Gasteiger partial charge is 0.312 e. The van der Waals surface area contributed by atoms with Crippen molar-refractivity contribution in [2.24, 2.45) is 5.73 Å². The molecule has 1 rings (SSSR count). The van der Waals surface area contributed by atoms with Gasteiger partial charge in [-0.15, -0.1) is 11.8 Å². The van der Waals surface area contributed by atoms with Crippen molar-refractivity contribution in [1.82, 2.24) is 0 Å². The van der Waals surface area contributed by atoms with Crippen LogP contribution in [0, 0.1) is 12.7 Å². The molecule has 0 radical (unpaired) electrons. The van der Waals surface area contributed by atoms with E-state index in [2.05, 4.69) is 0 Å². The van der Waals surface area contributed by atoms with Crippen molar-refractivity contribution in [3.05, 3.63) is 29.1 Å². The second-order valence-electron chi connectivity index (χ2n) is 3.47. The molecular weight excluding hydrogens is 229 g/mol. The van der Waals surface area contributed by atoms with Crippen LogP contribution in [0.4, 0.5) is 4.39 Å². The molecular formula is C11H14FNO2S. The molecule has 1 atom stereocenters. The Kier molecular flexibility index (Phi) is 4.32. The normalized spacial score (nSPS) is 12.5. The van der Waals surface area contributed by atoms with E-state index < -0.39 is 17.7 Å². The first kappa shape index (κ1) is 13.0. The maximum atomic E-state index is 13.6. The van der Waals surface area contributed by atoms with E-state index >= 15 is 0 Å². The first-order valence-electron chi connectivity index (χ1n) is 4.78. The zero-order chi connectivity index (χ0) is 12.3. The molecule has 0 saturated heterocycles. The third-order valence-corrected chi connectivity index (χ3v) is 3.30.